The van der Waals surface area contributed by atoms with Gasteiger partial charge in [-0.15, -0.1) is 0 Å². The molecule has 1 aromatic heterocycles. The fraction of sp³-hybridized carbons (Fsp3) is 0. The Balaban J connectivity index is 2.52. The topological polar surface area (TPSA) is 104 Å². The summed E-state index contributed by atoms with van der Waals surface area (Å²) in [6.45, 7) is 0. The van der Waals surface area contributed by atoms with E-state index in [1.807, 2.05) is 6.07 Å². The number of benzene rings is 2. The lowest BCUT2D eigenvalue weighted by molar-refractivity contribution is 1.40. The Bertz CT molecular complexity index is 736. The average molecular weight is 225 g/mol. The largest absolute Gasteiger partial charge is 0.399 e. The van der Waals surface area contributed by atoms with Crippen molar-refractivity contribution < 1.29 is 0 Å². The van der Waals surface area contributed by atoms with E-state index in [0.29, 0.717) is 28.1 Å². The Morgan fingerprint density at radius 3 is 1.94 bits per heavy atom. The van der Waals surface area contributed by atoms with Gasteiger partial charge in [-0.25, -0.2) is 9.97 Å². The molecule has 0 atom stereocenters. The fourth-order valence-corrected chi connectivity index (χ4v) is 1.81. The maximum Gasteiger partial charge on any atom is 0.114 e. The van der Waals surface area contributed by atoms with Gasteiger partial charge in [0.15, 0.2) is 0 Å². The summed E-state index contributed by atoms with van der Waals surface area (Å²) in [6.07, 6.45) is 0. The number of rotatable bonds is 0. The van der Waals surface area contributed by atoms with Crippen molar-refractivity contribution in [3.05, 3.63) is 30.3 Å². The van der Waals surface area contributed by atoms with Gasteiger partial charge in [0.25, 0.3) is 0 Å². The van der Waals surface area contributed by atoms with Crippen LogP contribution in [0.2, 0.25) is 0 Å². The molecule has 3 aromatic rings. The van der Waals surface area contributed by atoms with Crippen LogP contribution in [0.25, 0.3) is 22.1 Å². The molecule has 0 unspecified atom stereocenters. The van der Waals surface area contributed by atoms with Gasteiger partial charge < -0.3 is 17.2 Å². The molecular weight excluding hydrogens is 214 g/mol. The molecule has 0 aliphatic rings. The smallest absolute Gasteiger partial charge is 0.114 e. The lowest BCUT2D eigenvalue weighted by Crippen LogP contribution is -1.97. The molecule has 0 spiro atoms. The number of anilines is 3. The average Bonchev–Trinajstić information content (AvgIpc) is 2.32. The van der Waals surface area contributed by atoms with Gasteiger partial charge in [0.1, 0.15) is 11.0 Å². The van der Waals surface area contributed by atoms with Crippen LogP contribution in [0.3, 0.4) is 0 Å². The predicted octanol–water partition coefficient (Wildman–Crippen LogP) is 1.53. The summed E-state index contributed by atoms with van der Waals surface area (Å²) in [5.74, 6) is 0. The molecule has 0 saturated heterocycles. The highest BCUT2D eigenvalue weighted by atomic mass is 14.8. The zero-order valence-electron chi connectivity index (χ0n) is 9.01. The van der Waals surface area contributed by atoms with Crippen LogP contribution < -0.4 is 17.2 Å². The van der Waals surface area contributed by atoms with Gasteiger partial charge in [0, 0.05) is 5.69 Å². The van der Waals surface area contributed by atoms with Crippen LogP contribution in [0.15, 0.2) is 30.3 Å². The molecule has 0 fully saturated rings. The minimum Gasteiger partial charge on any atom is -0.399 e. The van der Waals surface area contributed by atoms with E-state index in [1.54, 1.807) is 24.3 Å². The Labute approximate surface area is 97.3 Å². The number of hydrogen-bond donors (Lipinski definition) is 3. The van der Waals surface area contributed by atoms with Crippen LogP contribution in [0, 0.1) is 0 Å². The zero-order valence-corrected chi connectivity index (χ0v) is 9.01. The molecule has 1 heterocycles. The quantitative estimate of drug-likeness (QED) is 0.397. The van der Waals surface area contributed by atoms with E-state index < -0.39 is 0 Å². The molecule has 2 aromatic carbocycles. The van der Waals surface area contributed by atoms with Crippen LogP contribution in [0.4, 0.5) is 17.1 Å². The lowest BCUT2D eigenvalue weighted by atomic mass is 10.2. The van der Waals surface area contributed by atoms with Crippen molar-refractivity contribution in [1.82, 2.24) is 9.97 Å². The van der Waals surface area contributed by atoms with Gasteiger partial charge in [-0.05, 0) is 30.3 Å². The third-order valence-corrected chi connectivity index (χ3v) is 2.68. The van der Waals surface area contributed by atoms with Crippen molar-refractivity contribution in [3.63, 3.8) is 0 Å². The van der Waals surface area contributed by atoms with Crippen molar-refractivity contribution in [2.75, 3.05) is 17.2 Å². The summed E-state index contributed by atoms with van der Waals surface area (Å²) in [5.41, 5.74) is 21.9. The first kappa shape index (κ1) is 9.65. The van der Waals surface area contributed by atoms with Crippen LogP contribution in [0.1, 0.15) is 0 Å². The predicted molar refractivity (Wildman–Crippen MR) is 70.3 cm³/mol. The van der Waals surface area contributed by atoms with E-state index >= 15 is 0 Å². The molecule has 3 rings (SSSR count). The first-order valence-corrected chi connectivity index (χ1v) is 5.16. The molecule has 0 aliphatic carbocycles. The summed E-state index contributed by atoms with van der Waals surface area (Å²) in [6, 6.07) is 8.83. The van der Waals surface area contributed by atoms with Crippen LogP contribution in [-0.4, -0.2) is 9.97 Å². The Morgan fingerprint density at radius 1 is 0.706 bits per heavy atom. The van der Waals surface area contributed by atoms with Crippen LogP contribution in [0.5, 0.6) is 0 Å². The van der Waals surface area contributed by atoms with Crippen molar-refractivity contribution in [3.8, 4) is 0 Å². The van der Waals surface area contributed by atoms with E-state index in [4.69, 9.17) is 17.2 Å². The second-order valence-corrected chi connectivity index (χ2v) is 3.91. The highest BCUT2D eigenvalue weighted by Crippen LogP contribution is 2.26. The van der Waals surface area contributed by atoms with Gasteiger partial charge in [0.2, 0.25) is 0 Å². The normalized spacial score (nSPS) is 11.1. The third-order valence-electron chi connectivity index (χ3n) is 2.68. The fourth-order valence-electron chi connectivity index (χ4n) is 1.81. The Kier molecular flexibility index (Phi) is 1.82. The van der Waals surface area contributed by atoms with E-state index in [1.165, 1.54) is 0 Å². The summed E-state index contributed by atoms with van der Waals surface area (Å²) in [4.78, 5) is 8.91. The number of nitrogen functional groups attached to an aromatic ring is 3. The van der Waals surface area contributed by atoms with E-state index in [-0.39, 0.29) is 0 Å². The summed E-state index contributed by atoms with van der Waals surface area (Å²) in [5, 5.41) is 0. The number of fused-ring (bicyclic) bond motifs is 2. The van der Waals surface area contributed by atoms with Gasteiger partial charge in [-0.1, -0.05) is 0 Å². The van der Waals surface area contributed by atoms with Crippen LogP contribution >= 0.6 is 0 Å². The third kappa shape index (κ3) is 1.40. The minimum absolute atomic E-state index is 0.561. The molecule has 5 nitrogen and oxygen atoms in total. The second-order valence-electron chi connectivity index (χ2n) is 3.91. The van der Waals surface area contributed by atoms with Crippen molar-refractivity contribution in [2.45, 2.75) is 0 Å². The maximum atomic E-state index is 5.86. The van der Waals surface area contributed by atoms with E-state index in [0.717, 1.165) is 11.0 Å². The second kappa shape index (κ2) is 3.21. The van der Waals surface area contributed by atoms with E-state index in [2.05, 4.69) is 9.97 Å². The molecule has 6 N–H and O–H groups in total. The summed E-state index contributed by atoms with van der Waals surface area (Å²) in [7, 11) is 0. The highest BCUT2D eigenvalue weighted by molar-refractivity contribution is 5.99. The minimum atomic E-state index is 0.561. The highest BCUT2D eigenvalue weighted by Gasteiger charge is 2.07. The molecule has 17 heavy (non-hydrogen) atoms. The monoisotopic (exact) mass is 225 g/mol. The number of hydrogen-bond acceptors (Lipinski definition) is 5. The van der Waals surface area contributed by atoms with Gasteiger partial charge in [0.05, 0.1) is 22.4 Å². The number of aromatic nitrogens is 2. The number of nitrogens with zero attached hydrogens (tertiary/aromatic N) is 2. The van der Waals surface area contributed by atoms with Gasteiger partial charge >= 0.3 is 0 Å². The Morgan fingerprint density at radius 2 is 1.29 bits per heavy atom. The summed E-state index contributed by atoms with van der Waals surface area (Å²) >= 11 is 0. The van der Waals surface area contributed by atoms with Crippen molar-refractivity contribution in [1.29, 1.82) is 0 Å². The maximum absolute atomic E-state index is 5.86. The first-order valence-electron chi connectivity index (χ1n) is 5.16. The SMILES string of the molecule is Nc1ccc2nc3c(N)ccc(N)c3nc2c1. The molecular formula is C12H11N5. The van der Waals surface area contributed by atoms with Crippen molar-refractivity contribution >= 4 is 39.1 Å². The molecule has 84 valence electrons. The zero-order chi connectivity index (χ0) is 12.0. The molecule has 0 amide bonds. The first-order chi connectivity index (χ1) is 8.15. The molecule has 0 bridgehead atoms. The van der Waals surface area contributed by atoms with Gasteiger partial charge in [-0.3, -0.25) is 0 Å². The standard InChI is InChI=1S/C12H11N5/c13-6-1-4-9-10(5-6)17-12-8(15)3-2-7(14)11(12)16-9/h1-5H,13-15H2. The van der Waals surface area contributed by atoms with Crippen molar-refractivity contribution in [2.24, 2.45) is 0 Å². The summed E-state index contributed by atoms with van der Waals surface area (Å²) < 4.78 is 0. The Hall–Kier alpha value is -2.56. The molecule has 5 heteroatoms. The molecule has 0 saturated carbocycles. The van der Waals surface area contributed by atoms with Gasteiger partial charge in [-0.2, -0.15) is 0 Å². The lowest BCUT2D eigenvalue weighted by Gasteiger charge is -2.06. The number of nitrogens with two attached hydrogens (primary N) is 3. The molecule has 0 radical (unpaired) electrons. The van der Waals surface area contributed by atoms with Crippen LogP contribution in [-0.2, 0) is 0 Å². The molecule has 0 aliphatic heterocycles. The van der Waals surface area contributed by atoms with E-state index in [9.17, 15) is 0 Å².